The lowest BCUT2D eigenvalue weighted by Crippen LogP contribution is -2.23. The summed E-state index contributed by atoms with van der Waals surface area (Å²) in [6, 6.07) is 15.4. The Balaban J connectivity index is 2.00. The summed E-state index contributed by atoms with van der Waals surface area (Å²) >= 11 is 0. The smallest absolute Gasteiger partial charge is 0.229 e. The number of ketones is 1. The van der Waals surface area contributed by atoms with Crippen molar-refractivity contribution in [3.63, 3.8) is 0 Å². The van der Waals surface area contributed by atoms with Crippen molar-refractivity contribution in [1.82, 2.24) is 9.97 Å². The van der Waals surface area contributed by atoms with Crippen LogP contribution in [0.15, 0.2) is 48.5 Å². The zero-order chi connectivity index (χ0) is 17.8. The first-order valence-electron chi connectivity index (χ1n) is 8.52. The standard InChI is InChI=1S/C20H22N4O/c1-4-24(5-2)19-17-8-6-7-9-18(17)22-20(23-19)21-16-12-10-15(11-13-16)14(3)25/h6-13H,4-5H2,1-3H3,(H,21,22,23). The van der Waals surface area contributed by atoms with E-state index in [2.05, 4.69) is 35.1 Å². The number of Topliss-reactive ketones (excluding diaryl/α,β-unsaturated/α-hetero) is 1. The minimum Gasteiger partial charge on any atom is -0.356 e. The number of aromatic nitrogens is 2. The predicted molar refractivity (Wildman–Crippen MR) is 103 cm³/mol. The van der Waals surface area contributed by atoms with Crippen molar-refractivity contribution in [3.05, 3.63) is 54.1 Å². The van der Waals surface area contributed by atoms with E-state index >= 15 is 0 Å². The van der Waals surface area contributed by atoms with E-state index in [0.717, 1.165) is 35.5 Å². The zero-order valence-corrected chi connectivity index (χ0v) is 14.8. The lowest BCUT2D eigenvalue weighted by atomic mass is 10.1. The van der Waals surface area contributed by atoms with Crippen LogP contribution >= 0.6 is 0 Å². The first-order chi connectivity index (χ1) is 12.1. The van der Waals surface area contributed by atoms with Gasteiger partial charge in [-0.25, -0.2) is 4.98 Å². The fraction of sp³-hybridized carbons (Fsp3) is 0.250. The Kier molecular flexibility index (Phi) is 4.93. The number of hydrogen-bond acceptors (Lipinski definition) is 5. The van der Waals surface area contributed by atoms with Crippen molar-refractivity contribution in [2.75, 3.05) is 23.3 Å². The average molecular weight is 334 g/mol. The van der Waals surface area contributed by atoms with Crippen LogP contribution in [0, 0.1) is 0 Å². The molecule has 5 nitrogen and oxygen atoms in total. The van der Waals surface area contributed by atoms with Gasteiger partial charge in [-0.15, -0.1) is 0 Å². The van der Waals surface area contributed by atoms with Gasteiger partial charge < -0.3 is 10.2 Å². The van der Waals surface area contributed by atoms with Crippen LogP contribution in [0.5, 0.6) is 0 Å². The number of anilines is 3. The number of nitrogens with zero attached hydrogens (tertiary/aromatic N) is 3. The van der Waals surface area contributed by atoms with Crippen LogP contribution in [0.4, 0.5) is 17.5 Å². The first-order valence-corrected chi connectivity index (χ1v) is 8.52. The maximum atomic E-state index is 11.4. The Morgan fingerprint density at radius 3 is 2.32 bits per heavy atom. The van der Waals surface area contributed by atoms with Crippen LogP contribution in [0.2, 0.25) is 0 Å². The molecule has 0 bridgehead atoms. The molecule has 3 rings (SSSR count). The Morgan fingerprint density at radius 2 is 1.68 bits per heavy atom. The van der Waals surface area contributed by atoms with Crippen LogP contribution < -0.4 is 10.2 Å². The molecular formula is C20H22N4O. The second-order valence-corrected chi connectivity index (χ2v) is 5.82. The molecule has 0 fully saturated rings. The second-order valence-electron chi connectivity index (χ2n) is 5.82. The highest BCUT2D eigenvalue weighted by molar-refractivity contribution is 5.94. The first kappa shape index (κ1) is 16.9. The van der Waals surface area contributed by atoms with Crippen molar-refractivity contribution in [2.45, 2.75) is 20.8 Å². The molecule has 3 aromatic rings. The molecule has 1 N–H and O–H groups in total. The minimum atomic E-state index is 0.0531. The maximum Gasteiger partial charge on any atom is 0.229 e. The van der Waals surface area contributed by atoms with Crippen molar-refractivity contribution in [1.29, 1.82) is 0 Å². The van der Waals surface area contributed by atoms with Gasteiger partial charge in [0.25, 0.3) is 0 Å². The summed E-state index contributed by atoms with van der Waals surface area (Å²) in [6.07, 6.45) is 0. The third-order valence-corrected chi connectivity index (χ3v) is 4.19. The molecule has 5 heteroatoms. The van der Waals surface area contributed by atoms with Gasteiger partial charge in [-0.1, -0.05) is 12.1 Å². The van der Waals surface area contributed by atoms with E-state index in [4.69, 9.17) is 4.98 Å². The van der Waals surface area contributed by atoms with Crippen LogP contribution in [-0.4, -0.2) is 28.8 Å². The van der Waals surface area contributed by atoms with E-state index in [-0.39, 0.29) is 5.78 Å². The summed E-state index contributed by atoms with van der Waals surface area (Å²) < 4.78 is 0. The molecule has 0 spiro atoms. The lowest BCUT2D eigenvalue weighted by molar-refractivity contribution is 0.101. The van der Waals surface area contributed by atoms with Gasteiger partial charge in [0.15, 0.2) is 5.78 Å². The third-order valence-electron chi connectivity index (χ3n) is 4.19. The summed E-state index contributed by atoms with van der Waals surface area (Å²) in [5.74, 6) is 1.53. The van der Waals surface area contributed by atoms with Gasteiger partial charge in [0.1, 0.15) is 5.82 Å². The van der Waals surface area contributed by atoms with Gasteiger partial charge in [0, 0.05) is 29.7 Å². The molecule has 1 heterocycles. The number of carbonyl (C=O) groups is 1. The second kappa shape index (κ2) is 7.30. The molecule has 0 aliphatic heterocycles. The van der Waals surface area contributed by atoms with Gasteiger partial charge >= 0.3 is 0 Å². The largest absolute Gasteiger partial charge is 0.356 e. The molecule has 1 aromatic heterocycles. The molecule has 0 aliphatic rings. The molecule has 0 saturated heterocycles. The summed E-state index contributed by atoms with van der Waals surface area (Å²) in [7, 11) is 0. The summed E-state index contributed by atoms with van der Waals surface area (Å²) in [4.78, 5) is 23.0. The Labute approximate surface area is 147 Å². The highest BCUT2D eigenvalue weighted by atomic mass is 16.1. The predicted octanol–water partition coefficient (Wildman–Crippen LogP) is 4.42. The van der Waals surface area contributed by atoms with Crippen LogP contribution in [0.3, 0.4) is 0 Å². The number of rotatable bonds is 6. The number of nitrogens with one attached hydrogen (secondary N) is 1. The number of fused-ring (bicyclic) bond motifs is 1. The van der Waals surface area contributed by atoms with Crippen LogP contribution in [0.25, 0.3) is 10.9 Å². The number of para-hydroxylation sites is 1. The molecule has 2 aromatic carbocycles. The van der Waals surface area contributed by atoms with E-state index in [0.29, 0.717) is 11.5 Å². The molecule has 0 atom stereocenters. The summed E-state index contributed by atoms with van der Waals surface area (Å²) in [5, 5.41) is 4.29. The van der Waals surface area contributed by atoms with Crippen LogP contribution in [0.1, 0.15) is 31.1 Å². The number of carbonyl (C=O) groups excluding carboxylic acids is 1. The monoisotopic (exact) mass is 334 g/mol. The summed E-state index contributed by atoms with van der Waals surface area (Å²) in [5.41, 5.74) is 2.45. The van der Waals surface area contributed by atoms with E-state index in [9.17, 15) is 4.79 Å². The van der Waals surface area contributed by atoms with Crippen molar-refractivity contribution in [3.8, 4) is 0 Å². The van der Waals surface area contributed by atoms with Gasteiger partial charge in [0.05, 0.1) is 5.52 Å². The molecule has 25 heavy (non-hydrogen) atoms. The van der Waals surface area contributed by atoms with Gasteiger partial charge in [-0.3, -0.25) is 4.79 Å². The molecule has 0 aliphatic carbocycles. The summed E-state index contributed by atoms with van der Waals surface area (Å²) in [6.45, 7) is 7.56. The van der Waals surface area contributed by atoms with Crippen molar-refractivity contribution < 1.29 is 4.79 Å². The van der Waals surface area contributed by atoms with Gasteiger partial charge in [-0.2, -0.15) is 4.98 Å². The highest BCUT2D eigenvalue weighted by Gasteiger charge is 2.12. The highest BCUT2D eigenvalue weighted by Crippen LogP contribution is 2.26. The minimum absolute atomic E-state index is 0.0531. The quantitative estimate of drug-likeness (QED) is 0.676. The van der Waals surface area contributed by atoms with Crippen molar-refractivity contribution >= 4 is 34.1 Å². The van der Waals surface area contributed by atoms with E-state index in [1.807, 2.05) is 30.3 Å². The topological polar surface area (TPSA) is 58.1 Å². The van der Waals surface area contributed by atoms with E-state index in [1.54, 1.807) is 19.1 Å². The fourth-order valence-electron chi connectivity index (χ4n) is 2.80. The van der Waals surface area contributed by atoms with Gasteiger partial charge in [-0.05, 0) is 57.2 Å². The Bertz CT molecular complexity index is 886. The van der Waals surface area contributed by atoms with E-state index in [1.165, 1.54) is 0 Å². The molecular weight excluding hydrogens is 312 g/mol. The molecule has 128 valence electrons. The number of hydrogen-bond donors (Lipinski definition) is 1. The SMILES string of the molecule is CCN(CC)c1nc(Nc2ccc(C(C)=O)cc2)nc2ccccc12. The third kappa shape index (κ3) is 3.60. The van der Waals surface area contributed by atoms with Crippen molar-refractivity contribution in [2.24, 2.45) is 0 Å². The Hall–Kier alpha value is -2.95. The normalized spacial score (nSPS) is 10.7. The molecule has 0 unspecified atom stereocenters. The number of benzene rings is 2. The lowest BCUT2D eigenvalue weighted by Gasteiger charge is -2.22. The fourth-order valence-corrected chi connectivity index (χ4v) is 2.80. The molecule has 0 amide bonds. The Morgan fingerprint density at radius 1 is 1.00 bits per heavy atom. The van der Waals surface area contributed by atoms with Gasteiger partial charge in [0.2, 0.25) is 5.95 Å². The average Bonchev–Trinajstić information content (AvgIpc) is 2.63. The zero-order valence-electron chi connectivity index (χ0n) is 14.8. The maximum absolute atomic E-state index is 11.4. The van der Waals surface area contributed by atoms with E-state index < -0.39 is 0 Å². The molecule has 0 saturated carbocycles. The van der Waals surface area contributed by atoms with Crippen LogP contribution in [-0.2, 0) is 0 Å². The molecule has 0 radical (unpaired) electrons.